The van der Waals surface area contributed by atoms with Crippen molar-refractivity contribution in [3.63, 3.8) is 0 Å². The van der Waals surface area contributed by atoms with Gasteiger partial charge in [-0.3, -0.25) is 9.59 Å². The minimum atomic E-state index is -1.79. The Morgan fingerprint density at radius 2 is 1.82 bits per heavy atom. The molecule has 0 heterocycles. The average Bonchev–Trinajstić information content (AvgIpc) is 2.14. The summed E-state index contributed by atoms with van der Waals surface area (Å²) in [5, 5.41) is 20.4. The van der Waals surface area contributed by atoms with E-state index in [-0.39, 0.29) is 18.2 Å². The first-order chi connectivity index (χ1) is 7.73. The summed E-state index contributed by atoms with van der Waals surface area (Å²) in [6.45, 7) is 5.73. The molecule has 7 heteroatoms. The van der Waals surface area contributed by atoms with Gasteiger partial charge in [-0.05, 0) is 12.3 Å². The Labute approximate surface area is 102 Å². The summed E-state index contributed by atoms with van der Waals surface area (Å²) in [7, 11) is -1.79. The second kappa shape index (κ2) is 7.29. The minimum absolute atomic E-state index is 0.246. The predicted molar refractivity (Wildman–Crippen MR) is 64.6 cm³/mol. The fraction of sp³-hybridized carbons (Fsp3) is 0.800. The third-order valence-corrected chi connectivity index (χ3v) is 2.38. The summed E-state index contributed by atoms with van der Waals surface area (Å²) in [5.74, 6) is -1.93. The number of carbonyl (C=O) groups is 2. The Bertz CT molecular complexity index is 271. The first-order valence-electron chi connectivity index (χ1n) is 5.68. The number of rotatable bonds is 7. The molecule has 0 bridgehead atoms. The van der Waals surface area contributed by atoms with Crippen molar-refractivity contribution in [1.29, 1.82) is 0 Å². The van der Waals surface area contributed by atoms with E-state index in [1.54, 1.807) is 6.92 Å². The highest BCUT2D eigenvalue weighted by molar-refractivity contribution is 6.44. The molecular formula is C10H21BN2O4. The zero-order chi connectivity index (χ0) is 13.6. The highest BCUT2D eigenvalue weighted by Gasteiger charge is 2.28. The van der Waals surface area contributed by atoms with Gasteiger partial charge >= 0.3 is 7.12 Å². The van der Waals surface area contributed by atoms with E-state index in [4.69, 9.17) is 15.8 Å². The fourth-order valence-electron chi connectivity index (χ4n) is 1.59. The van der Waals surface area contributed by atoms with Crippen molar-refractivity contribution in [3.05, 3.63) is 0 Å². The van der Waals surface area contributed by atoms with Crippen LogP contribution in [0, 0.1) is 11.8 Å². The summed E-state index contributed by atoms with van der Waals surface area (Å²) >= 11 is 0. The highest BCUT2D eigenvalue weighted by atomic mass is 16.4. The lowest BCUT2D eigenvalue weighted by Crippen LogP contribution is -2.50. The van der Waals surface area contributed by atoms with Gasteiger partial charge in [0.05, 0.1) is 5.94 Å². The molecule has 0 fully saturated rings. The van der Waals surface area contributed by atoms with Crippen LogP contribution in [0.3, 0.4) is 0 Å². The lowest BCUT2D eigenvalue weighted by molar-refractivity contribution is -0.125. The zero-order valence-corrected chi connectivity index (χ0v) is 10.5. The van der Waals surface area contributed by atoms with Crippen LogP contribution in [0.25, 0.3) is 0 Å². The molecule has 2 amide bonds. The van der Waals surface area contributed by atoms with Crippen LogP contribution in [0.5, 0.6) is 0 Å². The van der Waals surface area contributed by atoms with Crippen LogP contribution in [-0.4, -0.2) is 34.9 Å². The summed E-state index contributed by atoms with van der Waals surface area (Å²) in [5.41, 5.74) is 4.95. The van der Waals surface area contributed by atoms with Crippen molar-refractivity contribution < 1.29 is 19.6 Å². The SMILES string of the molecule is CC(C)CC(C)C(=O)N[C@H](CC(N)=O)B(O)O. The van der Waals surface area contributed by atoms with Gasteiger partial charge in [0.15, 0.2) is 0 Å². The van der Waals surface area contributed by atoms with Crippen molar-refractivity contribution in [2.75, 3.05) is 0 Å². The number of nitrogens with one attached hydrogen (secondary N) is 1. The smallest absolute Gasteiger partial charge is 0.426 e. The number of carbonyl (C=O) groups excluding carboxylic acids is 2. The van der Waals surface area contributed by atoms with Crippen LogP contribution in [0.4, 0.5) is 0 Å². The molecule has 0 aromatic carbocycles. The number of nitrogens with two attached hydrogens (primary N) is 1. The quantitative estimate of drug-likeness (QED) is 0.432. The minimum Gasteiger partial charge on any atom is -0.426 e. The normalized spacial score (nSPS) is 14.2. The molecule has 17 heavy (non-hydrogen) atoms. The van der Waals surface area contributed by atoms with Gasteiger partial charge in [0.25, 0.3) is 0 Å². The molecule has 0 aromatic rings. The maximum Gasteiger partial charge on any atom is 0.475 e. The first kappa shape index (κ1) is 15.9. The number of amides is 2. The topological polar surface area (TPSA) is 113 Å². The Balaban J connectivity index is 4.34. The highest BCUT2D eigenvalue weighted by Crippen LogP contribution is 2.11. The average molecular weight is 244 g/mol. The fourth-order valence-corrected chi connectivity index (χ4v) is 1.59. The van der Waals surface area contributed by atoms with E-state index >= 15 is 0 Å². The van der Waals surface area contributed by atoms with Gasteiger partial charge in [-0.2, -0.15) is 0 Å². The van der Waals surface area contributed by atoms with Gasteiger partial charge < -0.3 is 21.1 Å². The summed E-state index contributed by atoms with van der Waals surface area (Å²) in [4.78, 5) is 22.4. The maximum absolute atomic E-state index is 11.7. The Kier molecular flexibility index (Phi) is 6.83. The lowest BCUT2D eigenvalue weighted by atomic mass is 9.77. The Morgan fingerprint density at radius 1 is 1.29 bits per heavy atom. The molecule has 5 N–H and O–H groups in total. The monoisotopic (exact) mass is 244 g/mol. The molecule has 0 aliphatic carbocycles. The van der Waals surface area contributed by atoms with Gasteiger partial charge in [-0.15, -0.1) is 0 Å². The van der Waals surface area contributed by atoms with Crippen LogP contribution in [0.15, 0.2) is 0 Å². The van der Waals surface area contributed by atoms with Gasteiger partial charge in [-0.1, -0.05) is 20.8 Å². The van der Waals surface area contributed by atoms with E-state index in [0.29, 0.717) is 12.3 Å². The molecule has 1 unspecified atom stereocenters. The van der Waals surface area contributed by atoms with E-state index in [2.05, 4.69) is 5.32 Å². The molecule has 0 radical (unpaired) electrons. The summed E-state index contributed by atoms with van der Waals surface area (Å²) in [6, 6.07) is 0. The molecule has 0 saturated carbocycles. The van der Waals surface area contributed by atoms with Crippen LogP contribution in [0.1, 0.15) is 33.6 Å². The van der Waals surface area contributed by atoms with E-state index in [0.717, 1.165) is 0 Å². The molecule has 0 aliphatic heterocycles. The zero-order valence-electron chi connectivity index (χ0n) is 10.5. The molecule has 0 aromatic heterocycles. The van der Waals surface area contributed by atoms with Crippen LogP contribution < -0.4 is 11.1 Å². The van der Waals surface area contributed by atoms with Crippen molar-refractivity contribution in [3.8, 4) is 0 Å². The maximum atomic E-state index is 11.7. The van der Waals surface area contributed by atoms with Gasteiger partial charge in [-0.25, -0.2) is 0 Å². The third-order valence-electron chi connectivity index (χ3n) is 2.38. The standard InChI is InChI=1S/C10H21BN2O4/c1-6(2)4-7(3)10(15)13-8(11(16)17)5-9(12)14/h6-8,16-17H,4-5H2,1-3H3,(H2,12,14)(H,13,15)/t7?,8-/m1/s1. The molecule has 6 nitrogen and oxygen atoms in total. The summed E-state index contributed by atoms with van der Waals surface area (Å²) in [6.07, 6.45) is 0.397. The predicted octanol–water partition coefficient (Wildman–Crippen LogP) is -0.959. The third kappa shape index (κ3) is 6.96. The van der Waals surface area contributed by atoms with E-state index in [9.17, 15) is 9.59 Å². The van der Waals surface area contributed by atoms with E-state index < -0.39 is 19.0 Å². The lowest BCUT2D eigenvalue weighted by Gasteiger charge is -2.20. The molecule has 2 atom stereocenters. The number of hydrogen-bond donors (Lipinski definition) is 4. The second-order valence-electron chi connectivity index (χ2n) is 4.73. The van der Waals surface area contributed by atoms with E-state index in [1.165, 1.54) is 0 Å². The van der Waals surface area contributed by atoms with Gasteiger partial charge in [0.1, 0.15) is 0 Å². The molecular weight excluding hydrogens is 223 g/mol. The van der Waals surface area contributed by atoms with Crippen molar-refractivity contribution in [1.82, 2.24) is 5.32 Å². The molecule has 0 saturated heterocycles. The number of hydrogen-bond acceptors (Lipinski definition) is 4. The van der Waals surface area contributed by atoms with Crippen molar-refractivity contribution in [2.24, 2.45) is 17.6 Å². The molecule has 0 rings (SSSR count). The van der Waals surface area contributed by atoms with Gasteiger partial charge in [0.2, 0.25) is 11.8 Å². The van der Waals surface area contributed by atoms with Crippen molar-refractivity contribution in [2.45, 2.75) is 39.6 Å². The Hall–Kier alpha value is -1.08. The van der Waals surface area contributed by atoms with Crippen LogP contribution in [0.2, 0.25) is 0 Å². The largest absolute Gasteiger partial charge is 0.475 e. The number of primary amides is 1. The molecule has 0 aliphatic rings. The first-order valence-corrected chi connectivity index (χ1v) is 5.68. The van der Waals surface area contributed by atoms with Crippen LogP contribution >= 0.6 is 0 Å². The van der Waals surface area contributed by atoms with E-state index in [1.807, 2.05) is 13.8 Å². The van der Waals surface area contributed by atoms with Crippen molar-refractivity contribution >= 4 is 18.9 Å². The van der Waals surface area contributed by atoms with Crippen LogP contribution in [-0.2, 0) is 9.59 Å². The molecule has 0 spiro atoms. The summed E-state index contributed by atoms with van der Waals surface area (Å²) < 4.78 is 0. The molecule has 98 valence electrons. The Morgan fingerprint density at radius 3 is 2.18 bits per heavy atom. The second-order valence-corrected chi connectivity index (χ2v) is 4.73. The van der Waals surface area contributed by atoms with Gasteiger partial charge in [0, 0.05) is 12.3 Å².